The minimum Gasteiger partial charge on any atom is -0.385 e. The van der Waals surface area contributed by atoms with E-state index in [1.165, 1.54) is 63.1 Å². The summed E-state index contributed by atoms with van der Waals surface area (Å²) in [6, 6.07) is 0. The lowest BCUT2D eigenvalue weighted by atomic mass is 10.1. The summed E-state index contributed by atoms with van der Waals surface area (Å²) < 4.78 is 6.50. The molecule has 14 heavy (non-hydrogen) atoms. The van der Waals surface area contributed by atoms with Gasteiger partial charge in [0.1, 0.15) is 0 Å². The number of methoxy groups -OCH3 is 1. The molecule has 3 fully saturated rings. The molecule has 3 saturated heterocycles. The maximum absolute atomic E-state index is 5.09. The maximum atomic E-state index is 5.09. The molecule has 0 N–H and O–H groups in total. The third kappa shape index (κ3) is 2.27. The molecule has 3 heterocycles. The van der Waals surface area contributed by atoms with Gasteiger partial charge in [-0.15, -0.1) is 0 Å². The van der Waals surface area contributed by atoms with E-state index in [1.807, 2.05) is 0 Å². The lowest BCUT2D eigenvalue weighted by molar-refractivity contribution is -0.941. The van der Waals surface area contributed by atoms with Gasteiger partial charge in [-0.1, -0.05) is 0 Å². The minimum absolute atomic E-state index is 0.937. The quantitative estimate of drug-likeness (QED) is 0.474. The number of piperazine rings is 3. The zero-order chi connectivity index (χ0) is 9.86. The second-order valence-corrected chi connectivity index (χ2v) is 4.78. The fraction of sp³-hybridized carbons (Fsp3) is 1.00. The first-order chi connectivity index (χ1) is 6.85. The molecule has 0 aromatic rings. The Morgan fingerprint density at radius 3 is 2.29 bits per heavy atom. The predicted octanol–water partition coefficient (Wildman–Crippen LogP) is 0.559. The molecule has 0 radical (unpaired) electrons. The number of fused-ring (bicyclic) bond motifs is 3. The summed E-state index contributed by atoms with van der Waals surface area (Å²) in [5.74, 6) is 0. The molecule has 0 spiro atoms. The van der Waals surface area contributed by atoms with Crippen molar-refractivity contribution in [1.82, 2.24) is 4.90 Å². The van der Waals surface area contributed by atoms with Crippen LogP contribution in [0.4, 0.5) is 0 Å². The van der Waals surface area contributed by atoms with Crippen LogP contribution in [-0.2, 0) is 4.74 Å². The highest BCUT2D eigenvalue weighted by atomic mass is 16.5. The van der Waals surface area contributed by atoms with Crippen molar-refractivity contribution >= 4 is 0 Å². The molecule has 0 atom stereocenters. The summed E-state index contributed by atoms with van der Waals surface area (Å²) in [4.78, 5) is 2.61. The fourth-order valence-electron chi connectivity index (χ4n) is 2.76. The Bertz CT molecular complexity index is 162. The van der Waals surface area contributed by atoms with Crippen molar-refractivity contribution in [3.05, 3.63) is 0 Å². The molecule has 3 heteroatoms. The van der Waals surface area contributed by atoms with Crippen molar-refractivity contribution in [3.8, 4) is 0 Å². The summed E-state index contributed by atoms with van der Waals surface area (Å²) in [6.45, 7) is 10.5. The van der Waals surface area contributed by atoms with E-state index < -0.39 is 0 Å². The molecule has 0 unspecified atom stereocenters. The Kier molecular flexibility index (Phi) is 3.42. The first kappa shape index (κ1) is 10.4. The van der Waals surface area contributed by atoms with Crippen LogP contribution in [0.15, 0.2) is 0 Å². The molecular weight excluding hydrogens is 176 g/mol. The first-order valence-corrected chi connectivity index (χ1v) is 5.91. The van der Waals surface area contributed by atoms with Crippen LogP contribution in [0.2, 0.25) is 0 Å². The van der Waals surface area contributed by atoms with Gasteiger partial charge in [-0.2, -0.15) is 0 Å². The SMILES string of the molecule is COCCCC[N+]12CCN(CC1)CC2. The van der Waals surface area contributed by atoms with Crippen molar-refractivity contribution in [3.63, 3.8) is 0 Å². The fourth-order valence-corrected chi connectivity index (χ4v) is 2.76. The van der Waals surface area contributed by atoms with Crippen LogP contribution in [0, 0.1) is 0 Å². The Balaban J connectivity index is 1.72. The van der Waals surface area contributed by atoms with Gasteiger partial charge in [-0.25, -0.2) is 0 Å². The van der Waals surface area contributed by atoms with Crippen LogP contribution in [-0.4, -0.2) is 68.9 Å². The first-order valence-electron chi connectivity index (χ1n) is 5.91. The van der Waals surface area contributed by atoms with Crippen molar-refractivity contribution in [2.24, 2.45) is 0 Å². The van der Waals surface area contributed by atoms with Gasteiger partial charge < -0.3 is 9.22 Å². The third-order valence-corrected chi connectivity index (χ3v) is 3.90. The summed E-state index contributed by atoms with van der Waals surface area (Å²) in [5.41, 5.74) is 0. The molecule has 0 amide bonds. The maximum Gasteiger partial charge on any atom is 0.0916 e. The summed E-state index contributed by atoms with van der Waals surface area (Å²) >= 11 is 0. The molecule has 3 nitrogen and oxygen atoms in total. The standard InChI is InChI=1S/C11H23N2O/c1-14-11-3-2-7-13-8-4-12(5-9-13)6-10-13/h2-11H2,1H3/q+1. The highest BCUT2D eigenvalue weighted by Gasteiger charge is 2.37. The molecular formula is C11H23N2O+. The topological polar surface area (TPSA) is 12.5 Å². The predicted molar refractivity (Wildman–Crippen MR) is 57.3 cm³/mol. The number of nitrogens with zero attached hydrogens (tertiary/aromatic N) is 2. The minimum atomic E-state index is 0.937. The lowest BCUT2D eigenvalue weighted by Crippen LogP contribution is -2.67. The van der Waals surface area contributed by atoms with Crippen molar-refractivity contribution in [2.45, 2.75) is 12.8 Å². The monoisotopic (exact) mass is 199 g/mol. The van der Waals surface area contributed by atoms with Gasteiger partial charge in [0.05, 0.1) is 26.2 Å². The van der Waals surface area contributed by atoms with Gasteiger partial charge >= 0.3 is 0 Å². The highest BCUT2D eigenvalue weighted by Crippen LogP contribution is 2.20. The number of hydrogen-bond donors (Lipinski definition) is 0. The second kappa shape index (κ2) is 4.60. The van der Waals surface area contributed by atoms with Gasteiger partial charge in [0.2, 0.25) is 0 Å². The van der Waals surface area contributed by atoms with E-state index in [-0.39, 0.29) is 0 Å². The zero-order valence-electron chi connectivity index (χ0n) is 9.37. The number of hydrogen-bond acceptors (Lipinski definition) is 2. The van der Waals surface area contributed by atoms with Crippen LogP contribution < -0.4 is 0 Å². The average Bonchev–Trinajstić information content (AvgIpc) is 2.27. The summed E-state index contributed by atoms with van der Waals surface area (Å²) in [6.07, 6.45) is 2.58. The Hall–Kier alpha value is -0.120. The van der Waals surface area contributed by atoms with Crippen LogP contribution >= 0.6 is 0 Å². The van der Waals surface area contributed by atoms with E-state index in [4.69, 9.17) is 4.74 Å². The number of unbranched alkanes of at least 4 members (excludes halogenated alkanes) is 1. The van der Waals surface area contributed by atoms with Crippen LogP contribution in [0.25, 0.3) is 0 Å². The molecule has 0 aromatic heterocycles. The normalized spacial score (nSPS) is 36.2. The molecule has 0 aliphatic carbocycles. The van der Waals surface area contributed by atoms with Gasteiger partial charge in [-0.05, 0) is 12.8 Å². The third-order valence-electron chi connectivity index (χ3n) is 3.90. The molecule has 3 aliphatic rings. The van der Waals surface area contributed by atoms with E-state index in [9.17, 15) is 0 Å². The van der Waals surface area contributed by atoms with Crippen LogP contribution in [0.3, 0.4) is 0 Å². The van der Waals surface area contributed by atoms with Crippen LogP contribution in [0.1, 0.15) is 12.8 Å². The second-order valence-electron chi connectivity index (χ2n) is 4.78. The van der Waals surface area contributed by atoms with Gasteiger partial charge in [0.25, 0.3) is 0 Å². The summed E-state index contributed by atoms with van der Waals surface area (Å²) in [7, 11) is 1.80. The Morgan fingerprint density at radius 2 is 1.71 bits per heavy atom. The smallest absolute Gasteiger partial charge is 0.0916 e. The number of quaternary nitrogens is 1. The highest BCUT2D eigenvalue weighted by molar-refractivity contribution is 4.70. The number of ether oxygens (including phenoxy) is 1. The molecule has 82 valence electrons. The van der Waals surface area contributed by atoms with E-state index in [1.54, 1.807) is 7.11 Å². The van der Waals surface area contributed by atoms with E-state index >= 15 is 0 Å². The van der Waals surface area contributed by atoms with E-state index in [0.717, 1.165) is 6.61 Å². The molecule has 0 saturated carbocycles. The van der Waals surface area contributed by atoms with Gasteiger partial charge in [0.15, 0.2) is 0 Å². The van der Waals surface area contributed by atoms with Crippen molar-refractivity contribution < 1.29 is 9.22 Å². The lowest BCUT2D eigenvalue weighted by Gasteiger charge is -2.50. The molecule has 3 rings (SSSR count). The van der Waals surface area contributed by atoms with Gasteiger partial charge in [0, 0.05) is 33.4 Å². The molecule has 2 bridgehead atoms. The molecule has 0 aromatic carbocycles. The molecule has 3 aliphatic heterocycles. The Labute approximate surface area is 87.2 Å². The summed E-state index contributed by atoms with van der Waals surface area (Å²) in [5, 5.41) is 0. The van der Waals surface area contributed by atoms with E-state index in [2.05, 4.69) is 4.90 Å². The Morgan fingerprint density at radius 1 is 1.07 bits per heavy atom. The van der Waals surface area contributed by atoms with Gasteiger partial charge in [-0.3, -0.25) is 4.90 Å². The van der Waals surface area contributed by atoms with E-state index in [0.29, 0.717) is 0 Å². The van der Waals surface area contributed by atoms with Crippen molar-refractivity contribution in [1.29, 1.82) is 0 Å². The average molecular weight is 199 g/mol. The number of rotatable bonds is 5. The van der Waals surface area contributed by atoms with Crippen LogP contribution in [0.5, 0.6) is 0 Å². The van der Waals surface area contributed by atoms with Crippen molar-refractivity contribution in [2.75, 3.05) is 59.5 Å². The largest absolute Gasteiger partial charge is 0.385 e. The zero-order valence-corrected chi connectivity index (χ0v) is 9.37.